The zero-order valence-electron chi connectivity index (χ0n) is 6.03. The molecule has 2 heterocycles. The molecule has 0 aliphatic rings. The minimum absolute atomic E-state index is 0.160. The average Bonchev–Trinajstić information content (AvgIpc) is 2.52. The number of nitrogens with one attached hydrogen (secondary N) is 2. The molecule has 0 aromatic carbocycles. The van der Waals surface area contributed by atoms with E-state index < -0.39 is 0 Å². The first-order valence-electron chi connectivity index (χ1n) is 3.34. The summed E-state index contributed by atoms with van der Waals surface area (Å²) in [5.41, 5.74) is 1.32. The highest BCUT2D eigenvalue weighted by atomic mass is 32.1. The van der Waals surface area contributed by atoms with Crippen LogP contribution in [0.3, 0.4) is 0 Å². The van der Waals surface area contributed by atoms with Crippen molar-refractivity contribution in [3.05, 3.63) is 16.8 Å². The Labute approximate surface area is 72.5 Å². The number of imidazole rings is 1. The number of hydrogen-bond acceptors (Lipinski definition) is 4. The van der Waals surface area contributed by atoms with Crippen molar-refractivity contribution in [1.82, 2.24) is 19.9 Å². The van der Waals surface area contributed by atoms with Gasteiger partial charge < -0.3 is 15.1 Å². The number of hydrogen-bond donors (Lipinski definition) is 3. The predicted octanol–water partition coefficient (Wildman–Crippen LogP) is 0.508. The molecular weight excluding hydrogens is 176 g/mol. The molecule has 5 nitrogen and oxygen atoms in total. The molecule has 0 atom stereocenters. The number of fused-ring (bicyclic) bond motifs is 1. The summed E-state index contributed by atoms with van der Waals surface area (Å²) in [6.45, 7) is -0.160. The molecule has 0 saturated carbocycles. The maximum Gasteiger partial charge on any atom is 0.160 e. The van der Waals surface area contributed by atoms with E-state index in [-0.39, 0.29) is 6.61 Å². The van der Waals surface area contributed by atoms with Crippen LogP contribution in [0, 0.1) is 4.64 Å². The Morgan fingerprint density at radius 1 is 1.58 bits per heavy atom. The molecule has 0 radical (unpaired) electrons. The summed E-state index contributed by atoms with van der Waals surface area (Å²) in [6.07, 6.45) is 1.53. The topological polar surface area (TPSA) is 77.6 Å². The molecule has 0 amide bonds. The van der Waals surface area contributed by atoms with Crippen molar-refractivity contribution in [1.29, 1.82) is 0 Å². The third-order valence-corrected chi connectivity index (χ3v) is 1.80. The van der Waals surface area contributed by atoms with Crippen LogP contribution in [0.4, 0.5) is 0 Å². The minimum atomic E-state index is -0.160. The predicted molar refractivity (Wildman–Crippen MR) is 45.0 cm³/mol. The van der Waals surface area contributed by atoms with Crippen LogP contribution in [0.25, 0.3) is 11.2 Å². The Balaban J connectivity index is 2.84. The molecule has 0 aliphatic carbocycles. The second-order valence-corrected chi connectivity index (χ2v) is 2.66. The van der Waals surface area contributed by atoms with Crippen molar-refractivity contribution in [2.24, 2.45) is 0 Å². The van der Waals surface area contributed by atoms with E-state index in [0.717, 1.165) is 0 Å². The van der Waals surface area contributed by atoms with E-state index in [1.165, 1.54) is 6.33 Å². The molecule has 0 unspecified atom stereocenters. The zero-order chi connectivity index (χ0) is 8.55. The fourth-order valence-corrected chi connectivity index (χ4v) is 1.24. The van der Waals surface area contributed by atoms with Crippen LogP contribution in [0.2, 0.25) is 0 Å². The Morgan fingerprint density at radius 2 is 2.42 bits per heavy atom. The van der Waals surface area contributed by atoms with Crippen molar-refractivity contribution in [3.63, 3.8) is 0 Å². The van der Waals surface area contributed by atoms with Gasteiger partial charge in [0.05, 0.1) is 6.33 Å². The van der Waals surface area contributed by atoms with Gasteiger partial charge >= 0.3 is 0 Å². The lowest BCUT2D eigenvalue weighted by Gasteiger charge is -1.94. The fraction of sp³-hybridized carbons (Fsp3) is 0.167. The molecule has 0 aliphatic heterocycles. The van der Waals surface area contributed by atoms with Gasteiger partial charge in [0.2, 0.25) is 0 Å². The number of aliphatic hydroxyl groups excluding tert-OH is 1. The molecule has 3 N–H and O–H groups in total. The summed E-state index contributed by atoms with van der Waals surface area (Å²) < 4.78 is 0.422. The molecule has 0 fully saturated rings. The normalized spacial score (nSPS) is 10.8. The zero-order valence-corrected chi connectivity index (χ0v) is 6.85. The molecule has 0 bridgehead atoms. The lowest BCUT2D eigenvalue weighted by atomic mass is 10.5. The van der Waals surface area contributed by atoms with E-state index >= 15 is 0 Å². The van der Waals surface area contributed by atoms with Gasteiger partial charge in [-0.3, -0.25) is 0 Å². The van der Waals surface area contributed by atoms with Gasteiger partial charge in [-0.1, -0.05) is 12.2 Å². The van der Waals surface area contributed by atoms with Crippen LogP contribution in [0.5, 0.6) is 0 Å². The van der Waals surface area contributed by atoms with E-state index in [1.54, 1.807) is 0 Å². The average molecular weight is 182 g/mol. The second kappa shape index (κ2) is 2.65. The van der Waals surface area contributed by atoms with E-state index in [4.69, 9.17) is 17.3 Å². The summed E-state index contributed by atoms with van der Waals surface area (Å²) >= 11 is 4.95. The molecule has 2 rings (SSSR count). The van der Waals surface area contributed by atoms with Gasteiger partial charge in [-0.05, 0) is 0 Å². The molecule has 2 aromatic rings. The maximum absolute atomic E-state index is 8.78. The van der Waals surface area contributed by atoms with Gasteiger partial charge in [0, 0.05) is 0 Å². The molecule has 2 aromatic heterocycles. The Morgan fingerprint density at radius 3 is 3.17 bits per heavy atom. The van der Waals surface area contributed by atoms with Crippen molar-refractivity contribution in [2.45, 2.75) is 6.61 Å². The number of rotatable bonds is 1. The molecule has 12 heavy (non-hydrogen) atoms. The third kappa shape index (κ3) is 1.01. The standard InChI is InChI=1S/C6H6N4OS/c11-1-3-9-5-4(6(12)10-3)7-2-8-5/h2,11H,1H2,(H2,7,8,9,10,12). The van der Waals surface area contributed by atoms with Gasteiger partial charge in [0.1, 0.15) is 17.9 Å². The number of nitrogens with zero attached hydrogens (tertiary/aromatic N) is 2. The highest BCUT2D eigenvalue weighted by molar-refractivity contribution is 7.71. The highest BCUT2D eigenvalue weighted by Crippen LogP contribution is 2.06. The van der Waals surface area contributed by atoms with Crippen molar-refractivity contribution in [3.8, 4) is 0 Å². The van der Waals surface area contributed by atoms with Crippen LogP contribution in [0.15, 0.2) is 6.33 Å². The largest absolute Gasteiger partial charge is 0.388 e. The molecular formula is C6H6N4OS. The first kappa shape index (κ1) is 7.38. The van der Waals surface area contributed by atoms with Gasteiger partial charge in [-0.15, -0.1) is 0 Å². The van der Waals surface area contributed by atoms with Crippen LogP contribution < -0.4 is 0 Å². The Kier molecular flexibility index (Phi) is 1.63. The van der Waals surface area contributed by atoms with Crippen LogP contribution >= 0.6 is 12.2 Å². The van der Waals surface area contributed by atoms with Gasteiger partial charge in [-0.2, -0.15) is 0 Å². The maximum atomic E-state index is 8.78. The van der Waals surface area contributed by atoms with E-state index in [2.05, 4.69) is 19.9 Å². The van der Waals surface area contributed by atoms with Gasteiger partial charge in [0.15, 0.2) is 10.3 Å². The summed E-state index contributed by atoms with van der Waals surface area (Å²) in [7, 11) is 0. The minimum Gasteiger partial charge on any atom is -0.388 e. The summed E-state index contributed by atoms with van der Waals surface area (Å²) in [4.78, 5) is 13.6. The number of aromatic amines is 2. The van der Waals surface area contributed by atoms with Gasteiger partial charge in [-0.25, -0.2) is 9.97 Å². The quantitative estimate of drug-likeness (QED) is 0.561. The molecule has 0 spiro atoms. The highest BCUT2D eigenvalue weighted by Gasteiger charge is 2.00. The first-order chi connectivity index (χ1) is 5.81. The lowest BCUT2D eigenvalue weighted by molar-refractivity contribution is 0.271. The molecule has 6 heteroatoms. The van der Waals surface area contributed by atoms with Crippen molar-refractivity contribution in [2.75, 3.05) is 0 Å². The fourth-order valence-electron chi connectivity index (χ4n) is 0.970. The van der Waals surface area contributed by atoms with Gasteiger partial charge in [0.25, 0.3) is 0 Å². The summed E-state index contributed by atoms with van der Waals surface area (Å²) in [5.74, 6) is 0.430. The molecule has 0 saturated heterocycles. The SMILES string of the molecule is OCc1nc(=S)c2[nH]cnc2[nH]1. The number of H-pyrrole nitrogens is 2. The number of aromatic nitrogens is 4. The lowest BCUT2D eigenvalue weighted by Crippen LogP contribution is -1.95. The van der Waals surface area contributed by atoms with E-state index in [0.29, 0.717) is 21.6 Å². The van der Waals surface area contributed by atoms with Crippen molar-refractivity contribution < 1.29 is 5.11 Å². The smallest absolute Gasteiger partial charge is 0.160 e. The summed E-state index contributed by atoms with van der Waals surface area (Å²) in [5, 5.41) is 8.78. The first-order valence-corrected chi connectivity index (χ1v) is 3.75. The Hall–Kier alpha value is -1.27. The van der Waals surface area contributed by atoms with E-state index in [1.807, 2.05) is 0 Å². The van der Waals surface area contributed by atoms with Crippen LogP contribution in [-0.4, -0.2) is 25.0 Å². The second-order valence-electron chi connectivity index (χ2n) is 2.27. The Bertz CT molecular complexity index is 460. The van der Waals surface area contributed by atoms with Crippen LogP contribution in [-0.2, 0) is 6.61 Å². The monoisotopic (exact) mass is 182 g/mol. The van der Waals surface area contributed by atoms with Crippen molar-refractivity contribution >= 4 is 23.4 Å². The summed E-state index contributed by atoms with van der Waals surface area (Å²) in [6, 6.07) is 0. The molecule has 62 valence electrons. The van der Waals surface area contributed by atoms with E-state index in [9.17, 15) is 0 Å². The number of aliphatic hydroxyl groups is 1. The van der Waals surface area contributed by atoms with Crippen LogP contribution in [0.1, 0.15) is 5.82 Å². The third-order valence-electron chi connectivity index (χ3n) is 1.50.